The molecular formula is C21H29N3OS. The first-order valence-corrected chi connectivity index (χ1v) is 10.6. The number of carbonyl (C=O) groups is 1. The second-order valence-corrected chi connectivity index (χ2v) is 8.07. The van der Waals surface area contributed by atoms with Gasteiger partial charge in [0.25, 0.3) is 5.91 Å². The van der Waals surface area contributed by atoms with Gasteiger partial charge in [-0.2, -0.15) is 0 Å². The van der Waals surface area contributed by atoms with E-state index < -0.39 is 0 Å². The molecular weight excluding hydrogens is 342 g/mol. The summed E-state index contributed by atoms with van der Waals surface area (Å²) in [6, 6.07) is 8.09. The highest BCUT2D eigenvalue weighted by atomic mass is 32.1. The number of likely N-dealkylation sites (tertiary alicyclic amines) is 1. The molecule has 0 spiro atoms. The Morgan fingerprint density at radius 1 is 1.15 bits per heavy atom. The van der Waals surface area contributed by atoms with Crippen molar-refractivity contribution < 1.29 is 4.79 Å². The number of nitrogens with zero attached hydrogens (tertiary/aromatic N) is 2. The molecule has 0 saturated carbocycles. The van der Waals surface area contributed by atoms with Crippen LogP contribution < -0.4 is 5.32 Å². The van der Waals surface area contributed by atoms with Crippen LogP contribution in [-0.4, -0.2) is 35.4 Å². The third-order valence-corrected chi connectivity index (χ3v) is 5.87. The summed E-state index contributed by atoms with van der Waals surface area (Å²) in [6.07, 6.45) is 7.18. The molecule has 2 heterocycles. The van der Waals surface area contributed by atoms with Gasteiger partial charge in [-0.1, -0.05) is 25.0 Å². The number of hydrogen-bond donors (Lipinski definition) is 1. The molecule has 0 bridgehead atoms. The average Bonchev–Trinajstić information content (AvgIpc) is 2.90. The van der Waals surface area contributed by atoms with Crippen molar-refractivity contribution in [2.45, 2.75) is 52.0 Å². The van der Waals surface area contributed by atoms with Gasteiger partial charge in [0.1, 0.15) is 0 Å². The first-order valence-electron chi connectivity index (χ1n) is 9.71. The topological polar surface area (TPSA) is 45.2 Å². The van der Waals surface area contributed by atoms with Gasteiger partial charge < -0.3 is 5.32 Å². The minimum atomic E-state index is 0.0154. The standard InChI is InChI=1S/C21H29N3OS/c1-17-16-26-20(23-17)7-6-12-22-21(25)19-10-8-18(9-11-19)15-24-13-4-2-3-5-14-24/h8-11,16H,2-7,12-15H2,1H3,(H,22,25). The number of thiazole rings is 1. The van der Waals surface area contributed by atoms with E-state index in [9.17, 15) is 4.79 Å². The average molecular weight is 372 g/mol. The van der Waals surface area contributed by atoms with E-state index in [2.05, 4.69) is 32.7 Å². The zero-order chi connectivity index (χ0) is 18.2. The SMILES string of the molecule is Cc1csc(CCCNC(=O)c2ccc(CN3CCCCCC3)cc2)n1. The van der Waals surface area contributed by atoms with Gasteiger partial charge in [-0.05, 0) is 57.0 Å². The molecule has 3 rings (SSSR count). The summed E-state index contributed by atoms with van der Waals surface area (Å²) >= 11 is 1.69. The molecule has 2 aromatic rings. The van der Waals surface area contributed by atoms with Crippen LogP contribution >= 0.6 is 11.3 Å². The van der Waals surface area contributed by atoms with Crippen molar-refractivity contribution in [1.29, 1.82) is 0 Å². The Morgan fingerprint density at radius 3 is 2.54 bits per heavy atom. The maximum atomic E-state index is 12.3. The van der Waals surface area contributed by atoms with Crippen LogP contribution in [0.2, 0.25) is 0 Å². The normalized spacial score (nSPS) is 15.6. The number of hydrogen-bond acceptors (Lipinski definition) is 4. The largest absolute Gasteiger partial charge is 0.352 e. The highest BCUT2D eigenvalue weighted by Gasteiger charge is 2.10. The zero-order valence-electron chi connectivity index (χ0n) is 15.7. The Kier molecular flexibility index (Phi) is 7.21. The number of carbonyl (C=O) groups excluding carboxylic acids is 1. The molecule has 1 aliphatic heterocycles. The molecule has 1 aromatic heterocycles. The number of aromatic nitrogens is 1. The van der Waals surface area contributed by atoms with Crippen LogP contribution in [0.3, 0.4) is 0 Å². The summed E-state index contributed by atoms with van der Waals surface area (Å²) in [5, 5.41) is 6.23. The number of amides is 1. The summed E-state index contributed by atoms with van der Waals surface area (Å²) in [7, 11) is 0. The third-order valence-electron chi connectivity index (χ3n) is 4.84. The number of rotatable bonds is 7. The van der Waals surface area contributed by atoms with Crippen molar-refractivity contribution in [3.63, 3.8) is 0 Å². The van der Waals surface area contributed by atoms with Crippen LogP contribution in [-0.2, 0) is 13.0 Å². The van der Waals surface area contributed by atoms with E-state index in [1.165, 1.54) is 44.3 Å². The Balaban J connectivity index is 1.41. The van der Waals surface area contributed by atoms with Crippen molar-refractivity contribution in [2.24, 2.45) is 0 Å². The molecule has 1 aliphatic rings. The van der Waals surface area contributed by atoms with Gasteiger partial charge in [0.2, 0.25) is 0 Å². The van der Waals surface area contributed by atoms with Gasteiger partial charge >= 0.3 is 0 Å². The smallest absolute Gasteiger partial charge is 0.251 e. The maximum Gasteiger partial charge on any atom is 0.251 e. The Hall–Kier alpha value is -1.72. The number of aryl methyl sites for hydroxylation is 2. The minimum Gasteiger partial charge on any atom is -0.352 e. The van der Waals surface area contributed by atoms with Gasteiger partial charge in [-0.25, -0.2) is 4.98 Å². The second kappa shape index (κ2) is 9.83. The first-order chi connectivity index (χ1) is 12.7. The summed E-state index contributed by atoms with van der Waals surface area (Å²) in [5.74, 6) is 0.0154. The van der Waals surface area contributed by atoms with Gasteiger partial charge in [0.05, 0.1) is 5.01 Å². The van der Waals surface area contributed by atoms with Crippen molar-refractivity contribution in [1.82, 2.24) is 15.2 Å². The molecule has 1 saturated heterocycles. The fourth-order valence-corrected chi connectivity index (χ4v) is 4.19. The van der Waals surface area contributed by atoms with Crippen molar-refractivity contribution >= 4 is 17.2 Å². The fourth-order valence-electron chi connectivity index (χ4n) is 3.38. The Labute approximate surface area is 160 Å². The Morgan fingerprint density at radius 2 is 1.88 bits per heavy atom. The fraction of sp³-hybridized carbons (Fsp3) is 0.524. The van der Waals surface area contributed by atoms with Crippen molar-refractivity contribution in [3.05, 3.63) is 51.5 Å². The Bertz CT molecular complexity index is 688. The molecule has 1 N–H and O–H groups in total. The summed E-state index contributed by atoms with van der Waals surface area (Å²) in [6.45, 7) is 6.09. The lowest BCUT2D eigenvalue weighted by Gasteiger charge is -2.19. The number of nitrogens with one attached hydrogen (secondary N) is 1. The summed E-state index contributed by atoms with van der Waals surface area (Å²) in [5.41, 5.74) is 3.12. The molecule has 1 amide bonds. The highest BCUT2D eigenvalue weighted by Crippen LogP contribution is 2.14. The predicted octanol–water partition coefficient (Wildman–Crippen LogP) is 4.19. The lowest BCUT2D eigenvalue weighted by Crippen LogP contribution is -2.25. The molecule has 1 aromatic carbocycles. The van der Waals surface area contributed by atoms with E-state index in [1.54, 1.807) is 11.3 Å². The van der Waals surface area contributed by atoms with E-state index in [0.29, 0.717) is 6.54 Å². The molecule has 140 valence electrons. The molecule has 5 heteroatoms. The molecule has 0 unspecified atom stereocenters. The molecule has 0 aliphatic carbocycles. The van der Waals surface area contributed by atoms with Gasteiger partial charge in [0.15, 0.2) is 0 Å². The summed E-state index contributed by atoms with van der Waals surface area (Å²) in [4.78, 5) is 19.3. The van der Waals surface area contributed by atoms with Gasteiger partial charge in [0, 0.05) is 36.1 Å². The quantitative estimate of drug-likeness (QED) is 0.742. The molecule has 26 heavy (non-hydrogen) atoms. The van der Waals surface area contributed by atoms with E-state index in [0.717, 1.165) is 35.7 Å². The van der Waals surface area contributed by atoms with Gasteiger partial charge in [-0.3, -0.25) is 9.69 Å². The third kappa shape index (κ3) is 5.92. The summed E-state index contributed by atoms with van der Waals surface area (Å²) < 4.78 is 0. The monoisotopic (exact) mass is 371 g/mol. The van der Waals surface area contributed by atoms with E-state index in [4.69, 9.17) is 0 Å². The van der Waals surface area contributed by atoms with Crippen LogP contribution in [0.4, 0.5) is 0 Å². The van der Waals surface area contributed by atoms with Gasteiger partial charge in [-0.15, -0.1) is 11.3 Å². The van der Waals surface area contributed by atoms with Crippen molar-refractivity contribution in [3.8, 4) is 0 Å². The molecule has 0 radical (unpaired) electrons. The van der Waals surface area contributed by atoms with E-state index in [-0.39, 0.29) is 5.91 Å². The number of benzene rings is 1. The van der Waals surface area contributed by atoms with Crippen LogP contribution in [0.5, 0.6) is 0 Å². The molecule has 0 atom stereocenters. The van der Waals surface area contributed by atoms with E-state index in [1.807, 2.05) is 19.1 Å². The first kappa shape index (κ1) is 19.1. The van der Waals surface area contributed by atoms with Crippen molar-refractivity contribution in [2.75, 3.05) is 19.6 Å². The molecule has 1 fully saturated rings. The minimum absolute atomic E-state index is 0.0154. The molecule has 4 nitrogen and oxygen atoms in total. The van der Waals surface area contributed by atoms with Crippen LogP contribution in [0.25, 0.3) is 0 Å². The van der Waals surface area contributed by atoms with Crippen LogP contribution in [0.1, 0.15) is 58.7 Å². The van der Waals surface area contributed by atoms with Crippen LogP contribution in [0.15, 0.2) is 29.6 Å². The maximum absolute atomic E-state index is 12.3. The zero-order valence-corrected chi connectivity index (χ0v) is 16.5. The van der Waals surface area contributed by atoms with E-state index >= 15 is 0 Å². The lowest BCUT2D eigenvalue weighted by molar-refractivity contribution is 0.0953. The highest BCUT2D eigenvalue weighted by molar-refractivity contribution is 7.09. The predicted molar refractivity (Wildman–Crippen MR) is 108 cm³/mol. The second-order valence-electron chi connectivity index (χ2n) is 7.13. The lowest BCUT2D eigenvalue weighted by atomic mass is 10.1. The van der Waals surface area contributed by atoms with Crippen LogP contribution in [0, 0.1) is 6.92 Å².